The topological polar surface area (TPSA) is 92.5 Å². The molecule has 0 saturated carbocycles. The van der Waals surface area contributed by atoms with Gasteiger partial charge in [0, 0.05) is 11.3 Å². The van der Waals surface area contributed by atoms with Gasteiger partial charge >= 0.3 is 0 Å². The van der Waals surface area contributed by atoms with Crippen LogP contribution < -0.4 is 16.0 Å². The van der Waals surface area contributed by atoms with Gasteiger partial charge < -0.3 is 11.1 Å². The maximum Gasteiger partial charge on any atom is 0.256 e. The number of nitrogens with zero attached hydrogens (tertiary/aromatic N) is 1. The fourth-order valence-corrected chi connectivity index (χ4v) is 4.52. The number of aryl methyl sites for hydroxylation is 2. The van der Waals surface area contributed by atoms with Gasteiger partial charge in [-0.1, -0.05) is 54.1 Å². The minimum Gasteiger partial charge on any atom is -0.398 e. The number of benzene rings is 3. The van der Waals surface area contributed by atoms with Gasteiger partial charge in [-0.05, 0) is 62.1 Å². The zero-order valence-corrected chi connectivity index (χ0v) is 19.9. The third kappa shape index (κ3) is 4.19. The summed E-state index contributed by atoms with van der Waals surface area (Å²) >= 11 is 0. The van der Waals surface area contributed by atoms with E-state index in [1.165, 1.54) is 4.90 Å². The molecule has 1 unspecified atom stereocenters. The Morgan fingerprint density at radius 1 is 1.06 bits per heavy atom. The lowest BCUT2D eigenvalue weighted by atomic mass is 9.92. The van der Waals surface area contributed by atoms with Gasteiger partial charge in [-0.15, -0.1) is 0 Å². The quantitative estimate of drug-likeness (QED) is 0.575. The van der Waals surface area contributed by atoms with Crippen LogP contribution in [0.4, 0.5) is 11.4 Å². The Morgan fingerprint density at radius 3 is 2.56 bits per heavy atom. The molecule has 6 nitrogen and oxygen atoms in total. The number of rotatable bonds is 4. The molecule has 2 atom stereocenters. The SMILES string of the molecule is Cc1ccc(C)c(CC(=O)N[C@@H](C)C(=O)N2C(=O)C(C)c3ccccc3-c3c(N)cccc32)c1. The van der Waals surface area contributed by atoms with Crippen molar-refractivity contribution in [1.29, 1.82) is 0 Å². The average Bonchev–Trinajstić information content (AvgIpc) is 2.89. The van der Waals surface area contributed by atoms with Crippen LogP contribution in [-0.2, 0) is 20.8 Å². The zero-order valence-electron chi connectivity index (χ0n) is 19.9. The van der Waals surface area contributed by atoms with E-state index in [0.717, 1.165) is 27.8 Å². The van der Waals surface area contributed by atoms with E-state index in [1.54, 1.807) is 32.0 Å². The highest BCUT2D eigenvalue weighted by atomic mass is 16.2. The third-order valence-electron chi connectivity index (χ3n) is 6.43. The Balaban J connectivity index is 1.65. The molecule has 1 aliphatic heterocycles. The summed E-state index contributed by atoms with van der Waals surface area (Å²) in [6.45, 7) is 7.31. The van der Waals surface area contributed by atoms with Crippen LogP contribution in [0, 0.1) is 13.8 Å². The molecule has 0 aromatic heterocycles. The van der Waals surface area contributed by atoms with Gasteiger partial charge in [0.05, 0.1) is 18.0 Å². The van der Waals surface area contributed by atoms with Gasteiger partial charge in [0.1, 0.15) is 6.04 Å². The monoisotopic (exact) mass is 455 g/mol. The molecule has 3 aromatic rings. The summed E-state index contributed by atoms with van der Waals surface area (Å²) in [5.74, 6) is -1.67. The van der Waals surface area contributed by atoms with Crippen molar-refractivity contribution < 1.29 is 14.4 Å². The number of carbonyl (C=O) groups is 3. The van der Waals surface area contributed by atoms with E-state index in [-0.39, 0.29) is 18.2 Å². The highest BCUT2D eigenvalue weighted by molar-refractivity contribution is 6.22. The summed E-state index contributed by atoms with van der Waals surface area (Å²) < 4.78 is 0. The number of nitrogens with one attached hydrogen (secondary N) is 1. The predicted octanol–water partition coefficient (Wildman–Crippen LogP) is 4.28. The minimum atomic E-state index is -0.899. The molecule has 0 fully saturated rings. The van der Waals surface area contributed by atoms with Gasteiger partial charge in [0.15, 0.2) is 0 Å². The second-order valence-electron chi connectivity index (χ2n) is 8.96. The van der Waals surface area contributed by atoms with E-state index in [9.17, 15) is 14.4 Å². The summed E-state index contributed by atoms with van der Waals surface area (Å²) in [4.78, 5) is 41.1. The summed E-state index contributed by atoms with van der Waals surface area (Å²) in [6.07, 6.45) is 0.157. The zero-order chi connectivity index (χ0) is 24.6. The fraction of sp³-hybridized carbons (Fsp3) is 0.250. The van der Waals surface area contributed by atoms with Crippen molar-refractivity contribution >= 4 is 29.1 Å². The molecular weight excluding hydrogens is 426 g/mol. The predicted molar refractivity (Wildman–Crippen MR) is 134 cm³/mol. The molecule has 0 aliphatic carbocycles. The first-order valence-corrected chi connectivity index (χ1v) is 11.4. The van der Waals surface area contributed by atoms with Crippen molar-refractivity contribution in [2.75, 3.05) is 10.6 Å². The second-order valence-corrected chi connectivity index (χ2v) is 8.96. The molecule has 6 heteroatoms. The van der Waals surface area contributed by atoms with Crippen LogP contribution in [-0.4, -0.2) is 23.8 Å². The Bertz CT molecular complexity index is 1300. The van der Waals surface area contributed by atoms with Gasteiger partial charge in [-0.3, -0.25) is 14.4 Å². The molecule has 4 rings (SSSR count). The van der Waals surface area contributed by atoms with E-state index in [2.05, 4.69) is 5.32 Å². The first-order valence-electron chi connectivity index (χ1n) is 11.4. The van der Waals surface area contributed by atoms with Crippen LogP contribution in [0.5, 0.6) is 0 Å². The normalized spacial score (nSPS) is 15.7. The highest BCUT2D eigenvalue weighted by Gasteiger charge is 2.37. The molecule has 3 N–H and O–H groups in total. The molecule has 0 saturated heterocycles. The molecule has 0 spiro atoms. The van der Waals surface area contributed by atoms with Gasteiger partial charge in [-0.2, -0.15) is 0 Å². The Labute approximate surface area is 199 Å². The fourth-order valence-electron chi connectivity index (χ4n) is 4.52. The standard InChI is InChI=1S/C28H29N3O3/c1-16-12-13-17(2)20(14-16)15-25(32)30-19(4)28(34)31-24-11-7-10-23(29)26(24)22-9-6-5-8-21(22)18(3)27(31)33/h5-14,18-19H,15,29H2,1-4H3,(H,30,32)/t18?,19-/m0/s1. The molecule has 1 aliphatic rings. The Kier molecular flexibility index (Phi) is 6.24. The highest BCUT2D eigenvalue weighted by Crippen LogP contribution is 2.44. The summed E-state index contributed by atoms with van der Waals surface area (Å²) in [5.41, 5.74) is 12.5. The number of hydrogen-bond donors (Lipinski definition) is 2. The van der Waals surface area contributed by atoms with Crippen LogP contribution in [0.25, 0.3) is 11.1 Å². The number of carbonyl (C=O) groups excluding carboxylic acids is 3. The number of anilines is 2. The van der Waals surface area contributed by atoms with Crippen LogP contribution in [0.3, 0.4) is 0 Å². The number of nitrogens with two attached hydrogens (primary N) is 1. The van der Waals surface area contributed by atoms with Crippen LogP contribution in [0.2, 0.25) is 0 Å². The average molecular weight is 456 g/mol. The summed E-state index contributed by atoms with van der Waals surface area (Å²) in [5, 5.41) is 2.78. The molecule has 3 aromatic carbocycles. The number of nitrogen functional groups attached to an aromatic ring is 1. The van der Waals surface area contributed by atoms with Crippen molar-refractivity contribution in [2.24, 2.45) is 0 Å². The van der Waals surface area contributed by atoms with E-state index in [4.69, 9.17) is 5.73 Å². The number of fused-ring (bicyclic) bond motifs is 3. The number of amides is 3. The Hall–Kier alpha value is -3.93. The third-order valence-corrected chi connectivity index (χ3v) is 6.43. The summed E-state index contributed by atoms with van der Waals surface area (Å²) in [7, 11) is 0. The molecule has 3 amide bonds. The molecule has 174 valence electrons. The number of hydrogen-bond acceptors (Lipinski definition) is 4. The first kappa shape index (κ1) is 23.2. The largest absolute Gasteiger partial charge is 0.398 e. The summed E-state index contributed by atoms with van der Waals surface area (Å²) in [6, 6.07) is 17.8. The van der Waals surface area contributed by atoms with Gasteiger partial charge in [0.2, 0.25) is 11.8 Å². The lowest BCUT2D eigenvalue weighted by Gasteiger charge is -2.26. The molecule has 0 radical (unpaired) electrons. The maximum atomic E-state index is 13.6. The maximum absolute atomic E-state index is 13.6. The van der Waals surface area contributed by atoms with Crippen molar-refractivity contribution in [1.82, 2.24) is 5.32 Å². The number of imide groups is 1. The van der Waals surface area contributed by atoms with E-state index in [0.29, 0.717) is 16.9 Å². The minimum absolute atomic E-state index is 0.157. The van der Waals surface area contributed by atoms with E-state index >= 15 is 0 Å². The Morgan fingerprint density at radius 2 is 1.79 bits per heavy atom. The molecule has 1 heterocycles. The van der Waals surface area contributed by atoms with Gasteiger partial charge in [-0.25, -0.2) is 4.90 Å². The van der Waals surface area contributed by atoms with Crippen LogP contribution in [0.1, 0.15) is 42.0 Å². The van der Waals surface area contributed by atoms with E-state index in [1.807, 2.05) is 56.3 Å². The van der Waals surface area contributed by atoms with E-state index < -0.39 is 17.9 Å². The second kappa shape index (κ2) is 9.14. The van der Waals surface area contributed by atoms with Gasteiger partial charge in [0.25, 0.3) is 5.91 Å². The van der Waals surface area contributed by atoms with Crippen molar-refractivity contribution in [3.8, 4) is 11.1 Å². The smallest absolute Gasteiger partial charge is 0.256 e. The molecule has 0 bridgehead atoms. The van der Waals surface area contributed by atoms with Crippen molar-refractivity contribution in [2.45, 2.75) is 46.1 Å². The van der Waals surface area contributed by atoms with Crippen molar-refractivity contribution in [3.63, 3.8) is 0 Å². The van der Waals surface area contributed by atoms with Crippen LogP contribution in [0.15, 0.2) is 60.7 Å². The molecular formula is C28H29N3O3. The lowest BCUT2D eigenvalue weighted by Crippen LogP contribution is -2.50. The van der Waals surface area contributed by atoms with Crippen LogP contribution >= 0.6 is 0 Å². The first-order chi connectivity index (χ1) is 16.2. The van der Waals surface area contributed by atoms with Crippen molar-refractivity contribution in [3.05, 3.63) is 82.9 Å². The molecule has 34 heavy (non-hydrogen) atoms. The lowest BCUT2D eigenvalue weighted by molar-refractivity contribution is -0.131.